The van der Waals surface area contributed by atoms with Crippen LogP contribution in [0.15, 0.2) is 4.99 Å². The Morgan fingerprint density at radius 1 is 0.732 bits per heavy atom. The number of aliphatic imine (C=N–C) groups is 1. The van der Waals surface area contributed by atoms with Crippen molar-refractivity contribution in [1.82, 2.24) is 16.0 Å². The van der Waals surface area contributed by atoms with Gasteiger partial charge in [-0.05, 0) is 64.3 Å². The van der Waals surface area contributed by atoms with E-state index in [1.54, 1.807) is 0 Å². The second-order valence-corrected chi connectivity index (χ2v) is 9.53. The van der Waals surface area contributed by atoms with E-state index in [9.17, 15) is 33.9 Å². The smallest absolute Gasteiger partial charge is 0.326 e. The van der Waals surface area contributed by atoms with Crippen LogP contribution in [-0.2, 0) is 28.8 Å². The van der Waals surface area contributed by atoms with Crippen LogP contribution in [0.2, 0.25) is 0 Å². The molecule has 15 N–H and O–H groups in total. The van der Waals surface area contributed by atoms with Crippen molar-refractivity contribution in [3.05, 3.63) is 0 Å². The molecule has 3 amide bonds. The van der Waals surface area contributed by atoms with E-state index in [0.29, 0.717) is 25.7 Å². The van der Waals surface area contributed by atoms with Crippen LogP contribution in [-0.4, -0.2) is 95.4 Å². The van der Waals surface area contributed by atoms with Gasteiger partial charge in [-0.1, -0.05) is 0 Å². The van der Waals surface area contributed by atoms with Crippen LogP contribution in [0.3, 0.4) is 0 Å². The summed E-state index contributed by atoms with van der Waals surface area (Å²) in [6.07, 6.45) is 1.93. The van der Waals surface area contributed by atoms with Crippen LogP contribution >= 0.6 is 0 Å². The highest BCUT2D eigenvalue weighted by Crippen LogP contribution is 2.09. The zero-order chi connectivity index (χ0) is 31.4. The molecule has 0 aromatic carbocycles. The number of aldehydes is 1. The Hall–Kier alpha value is -3.83. The second-order valence-electron chi connectivity index (χ2n) is 9.53. The molecule has 17 heteroatoms. The molecule has 0 radical (unpaired) electrons. The maximum Gasteiger partial charge on any atom is 0.326 e. The SMILES string of the molecule is NCCCC[C@H](NC(=O)[C@H](CCC[C@@H](N)C(=O)O)NC(=O)CC[C@@H](N)C=O)C(=O)N[C@@H](CCCN=C(N)N)C(=O)O. The first-order chi connectivity index (χ1) is 19.3. The van der Waals surface area contributed by atoms with Crippen molar-refractivity contribution in [1.29, 1.82) is 0 Å². The highest BCUT2D eigenvalue weighted by Gasteiger charge is 2.29. The Kier molecular flexibility index (Phi) is 19.0. The molecule has 0 aliphatic rings. The Balaban J connectivity index is 5.61. The van der Waals surface area contributed by atoms with Crippen LogP contribution in [0.5, 0.6) is 0 Å². The van der Waals surface area contributed by atoms with E-state index >= 15 is 0 Å². The van der Waals surface area contributed by atoms with Crippen LogP contribution in [0, 0.1) is 0 Å². The molecular formula is C24H45N9O8. The summed E-state index contributed by atoms with van der Waals surface area (Å²) in [6, 6.07) is -5.64. The van der Waals surface area contributed by atoms with Crippen molar-refractivity contribution in [3.8, 4) is 0 Å². The van der Waals surface area contributed by atoms with Crippen LogP contribution in [0.1, 0.15) is 64.2 Å². The van der Waals surface area contributed by atoms with E-state index in [-0.39, 0.29) is 63.9 Å². The van der Waals surface area contributed by atoms with Gasteiger partial charge in [0, 0.05) is 13.0 Å². The van der Waals surface area contributed by atoms with Gasteiger partial charge < -0.3 is 59.6 Å². The molecule has 0 spiro atoms. The lowest BCUT2D eigenvalue weighted by Gasteiger charge is -2.25. The monoisotopic (exact) mass is 587 g/mol. The fourth-order valence-corrected chi connectivity index (χ4v) is 3.63. The largest absolute Gasteiger partial charge is 0.480 e. The van der Waals surface area contributed by atoms with Gasteiger partial charge in [0.15, 0.2) is 5.96 Å². The summed E-state index contributed by atoms with van der Waals surface area (Å²) in [6.45, 7) is 0.486. The highest BCUT2D eigenvalue weighted by molar-refractivity contribution is 5.93. The third-order valence-corrected chi connectivity index (χ3v) is 6.00. The predicted octanol–water partition coefficient (Wildman–Crippen LogP) is -3.40. The van der Waals surface area contributed by atoms with Crippen molar-refractivity contribution in [3.63, 3.8) is 0 Å². The number of unbranched alkanes of at least 4 members (excludes halogenated alkanes) is 1. The summed E-state index contributed by atoms with van der Waals surface area (Å²) in [5, 5.41) is 26.1. The number of amides is 3. The van der Waals surface area contributed by atoms with Gasteiger partial charge in [-0.3, -0.25) is 24.2 Å². The minimum absolute atomic E-state index is 0.00201. The molecule has 0 saturated heterocycles. The zero-order valence-electron chi connectivity index (χ0n) is 23.1. The van der Waals surface area contributed by atoms with E-state index in [0.717, 1.165) is 0 Å². The molecular weight excluding hydrogens is 542 g/mol. The van der Waals surface area contributed by atoms with E-state index in [4.69, 9.17) is 33.8 Å². The first-order valence-corrected chi connectivity index (χ1v) is 13.4. The number of hydrogen-bond donors (Lipinski definition) is 10. The third kappa shape index (κ3) is 17.5. The lowest BCUT2D eigenvalue weighted by molar-refractivity contribution is -0.142. The van der Waals surface area contributed by atoms with Gasteiger partial charge in [-0.25, -0.2) is 4.79 Å². The summed E-state index contributed by atoms with van der Waals surface area (Å²) in [4.78, 5) is 76.0. The standard InChI is InChI=1S/C24H45N9O8/c25-11-2-1-6-17(21(37)33-18(23(40)41)8-4-12-30-24(28)29)32-20(36)16(7-3-5-15(27)22(38)39)31-19(35)10-9-14(26)13-34/h13-18H,1-12,25-27H2,(H,31,35)(H,32,36)(H,33,37)(H,38,39)(H,40,41)(H4,28,29,30)/t14-,15-,16+,17+,18+/m1/s1. The lowest BCUT2D eigenvalue weighted by Crippen LogP contribution is -2.55. The zero-order valence-corrected chi connectivity index (χ0v) is 23.1. The second kappa shape index (κ2) is 21.0. The van der Waals surface area contributed by atoms with Gasteiger partial charge in [0.2, 0.25) is 17.7 Å². The summed E-state index contributed by atoms with van der Waals surface area (Å²) in [5.74, 6) is -4.74. The number of carboxylic acids is 2. The molecule has 0 fully saturated rings. The Bertz CT molecular complexity index is 898. The molecule has 0 aromatic heterocycles. The maximum atomic E-state index is 13.2. The number of carbonyl (C=O) groups is 6. The first kappa shape index (κ1) is 37.2. The number of nitrogens with two attached hydrogens (primary N) is 5. The molecule has 0 rings (SSSR count). The van der Waals surface area contributed by atoms with Crippen LogP contribution in [0.4, 0.5) is 0 Å². The Morgan fingerprint density at radius 2 is 1.29 bits per heavy atom. The fraction of sp³-hybridized carbons (Fsp3) is 0.708. The van der Waals surface area contributed by atoms with Gasteiger partial charge in [0.25, 0.3) is 0 Å². The van der Waals surface area contributed by atoms with E-state index in [1.165, 1.54) is 0 Å². The minimum atomic E-state index is -1.29. The van der Waals surface area contributed by atoms with E-state index in [1.807, 2.05) is 0 Å². The number of hydrogen-bond acceptors (Lipinski definition) is 10. The van der Waals surface area contributed by atoms with Crippen LogP contribution < -0.4 is 44.6 Å². The number of guanidine groups is 1. The Morgan fingerprint density at radius 3 is 1.83 bits per heavy atom. The van der Waals surface area contributed by atoms with Crippen molar-refractivity contribution in [2.75, 3.05) is 13.1 Å². The van der Waals surface area contributed by atoms with E-state index in [2.05, 4.69) is 20.9 Å². The van der Waals surface area contributed by atoms with Gasteiger partial charge in [-0.2, -0.15) is 0 Å². The van der Waals surface area contributed by atoms with Gasteiger partial charge in [0.05, 0.1) is 6.04 Å². The molecule has 41 heavy (non-hydrogen) atoms. The van der Waals surface area contributed by atoms with Crippen molar-refractivity contribution < 1.29 is 39.0 Å². The number of aliphatic carboxylic acids is 2. The number of rotatable bonds is 23. The molecule has 5 atom stereocenters. The predicted molar refractivity (Wildman–Crippen MR) is 149 cm³/mol. The number of carbonyl (C=O) groups excluding carboxylic acids is 4. The topological polar surface area (TPSA) is 321 Å². The minimum Gasteiger partial charge on any atom is -0.480 e. The van der Waals surface area contributed by atoms with Gasteiger partial charge >= 0.3 is 11.9 Å². The summed E-state index contributed by atoms with van der Waals surface area (Å²) < 4.78 is 0. The first-order valence-electron chi connectivity index (χ1n) is 13.4. The fourth-order valence-electron chi connectivity index (χ4n) is 3.63. The van der Waals surface area contributed by atoms with Crippen molar-refractivity contribution in [2.24, 2.45) is 33.7 Å². The average Bonchev–Trinajstić information content (AvgIpc) is 2.91. The quantitative estimate of drug-likeness (QED) is 0.0241. The number of carboxylic acid groups (broad SMARTS) is 2. The summed E-state index contributed by atoms with van der Waals surface area (Å²) in [5.41, 5.74) is 27.1. The summed E-state index contributed by atoms with van der Waals surface area (Å²) in [7, 11) is 0. The summed E-state index contributed by atoms with van der Waals surface area (Å²) >= 11 is 0. The molecule has 0 aromatic rings. The van der Waals surface area contributed by atoms with Crippen molar-refractivity contribution in [2.45, 2.75) is 94.4 Å². The molecule has 0 aliphatic heterocycles. The molecule has 0 unspecified atom stereocenters. The van der Waals surface area contributed by atoms with E-state index < -0.39 is 59.9 Å². The maximum absolute atomic E-state index is 13.2. The lowest BCUT2D eigenvalue weighted by atomic mass is 10.0. The van der Waals surface area contributed by atoms with Gasteiger partial charge in [-0.15, -0.1) is 0 Å². The van der Waals surface area contributed by atoms with Crippen LogP contribution in [0.25, 0.3) is 0 Å². The Labute approximate surface area is 238 Å². The average molecular weight is 588 g/mol. The molecule has 0 bridgehead atoms. The molecule has 234 valence electrons. The highest BCUT2D eigenvalue weighted by atomic mass is 16.4. The van der Waals surface area contributed by atoms with Gasteiger partial charge in [0.1, 0.15) is 30.5 Å². The van der Waals surface area contributed by atoms with Crippen molar-refractivity contribution >= 4 is 41.9 Å². The molecule has 0 saturated carbocycles. The molecule has 17 nitrogen and oxygen atoms in total. The third-order valence-electron chi connectivity index (χ3n) is 6.00. The normalized spacial score (nSPS) is 14.4. The molecule has 0 heterocycles. The number of nitrogens with zero attached hydrogens (tertiary/aromatic N) is 1. The number of nitrogens with one attached hydrogen (secondary N) is 3. The molecule has 0 aliphatic carbocycles.